The fraction of sp³-hybridized carbons (Fsp3) is 0.440. The smallest absolute Gasteiger partial charge is 0.0780 e. The summed E-state index contributed by atoms with van der Waals surface area (Å²) < 4.78 is 0. The van der Waals surface area contributed by atoms with Crippen LogP contribution in [0.3, 0.4) is 0 Å². The van der Waals surface area contributed by atoms with Gasteiger partial charge in [-0.3, -0.25) is 4.90 Å². The van der Waals surface area contributed by atoms with Crippen molar-refractivity contribution in [3.05, 3.63) is 58.8 Å². The monoisotopic (exact) mass is 418 g/mol. The van der Waals surface area contributed by atoms with Gasteiger partial charge < -0.3 is 4.98 Å². The van der Waals surface area contributed by atoms with Gasteiger partial charge in [-0.15, -0.1) is 0 Å². The third-order valence-corrected chi connectivity index (χ3v) is 11.2. The van der Waals surface area contributed by atoms with Crippen LogP contribution in [-0.4, -0.2) is 32.6 Å². The lowest BCUT2D eigenvalue weighted by Crippen LogP contribution is -2.51. The topological polar surface area (TPSA) is 19.0 Å². The summed E-state index contributed by atoms with van der Waals surface area (Å²) in [6, 6.07) is 14.4. The third kappa shape index (κ3) is 3.08. The van der Waals surface area contributed by atoms with E-state index in [1.165, 1.54) is 36.0 Å². The Morgan fingerprint density at radius 3 is 2.17 bits per heavy atom. The number of para-hydroxylation sites is 1. The van der Waals surface area contributed by atoms with Crippen molar-refractivity contribution in [1.29, 1.82) is 0 Å². The van der Waals surface area contributed by atoms with Crippen LogP contribution in [0.1, 0.15) is 28.4 Å². The van der Waals surface area contributed by atoms with Crippen molar-refractivity contribution in [2.75, 3.05) is 6.54 Å². The number of aromatic nitrogens is 1. The van der Waals surface area contributed by atoms with Gasteiger partial charge in [0.2, 0.25) is 0 Å². The molecule has 5 rings (SSSR count). The van der Waals surface area contributed by atoms with Crippen LogP contribution in [0.25, 0.3) is 10.9 Å². The lowest BCUT2D eigenvalue weighted by atomic mass is 9.87. The highest BCUT2D eigenvalue weighted by molar-refractivity contribution is 6.90. The van der Waals surface area contributed by atoms with E-state index in [0.717, 1.165) is 6.54 Å². The van der Waals surface area contributed by atoms with Crippen molar-refractivity contribution in [2.45, 2.75) is 64.7 Å². The van der Waals surface area contributed by atoms with Crippen LogP contribution in [0.5, 0.6) is 0 Å². The number of rotatable bonds is 2. The molecule has 1 unspecified atom stereocenters. The molecule has 0 bridgehead atoms. The van der Waals surface area contributed by atoms with Crippen LogP contribution in [0.2, 0.25) is 39.3 Å². The lowest BCUT2D eigenvalue weighted by molar-refractivity contribution is 0.159. The molecule has 29 heavy (non-hydrogen) atoms. The van der Waals surface area contributed by atoms with E-state index in [4.69, 9.17) is 0 Å². The average molecular weight is 419 g/mol. The van der Waals surface area contributed by atoms with Crippen molar-refractivity contribution in [2.24, 2.45) is 0 Å². The molecule has 0 amide bonds. The molecule has 3 heterocycles. The maximum Gasteiger partial charge on any atom is 0.0780 e. The molecule has 0 saturated carbocycles. The largest absolute Gasteiger partial charge is 0.357 e. The fourth-order valence-electron chi connectivity index (χ4n) is 5.70. The molecule has 0 fully saturated rings. The lowest BCUT2D eigenvalue weighted by Gasteiger charge is -2.43. The Kier molecular flexibility index (Phi) is 4.29. The van der Waals surface area contributed by atoms with Crippen LogP contribution >= 0.6 is 0 Å². The van der Waals surface area contributed by atoms with Gasteiger partial charge in [-0.05, 0) is 35.6 Å². The van der Waals surface area contributed by atoms with Crippen molar-refractivity contribution in [3.8, 4) is 0 Å². The van der Waals surface area contributed by atoms with Crippen molar-refractivity contribution in [1.82, 2.24) is 9.88 Å². The molecule has 1 N–H and O–H groups in total. The molecule has 0 aliphatic carbocycles. The Morgan fingerprint density at radius 2 is 1.48 bits per heavy atom. The number of fused-ring (bicyclic) bond motifs is 6. The van der Waals surface area contributed by atoms with Gasteiger partial charge in [-0.25, -0.2) is 0 Å². The predicted molar refractivity (Wildman–Crippen MR) is 131 cm³/mol. The zero-order chi connectivity index (χ0) is 20.6. The standard InChI is InChI=1S/C25H34N2Si2/c1-28(2,3)23-11-12-24(29(4,5)6)20-16-27-14-13-18-17-9-7-8-10-21(17)26-25(18)22(27)15-19(20)23/h7-12,22,26H,13-16H2,1-6H3. The van der Waals surface area contributed by atoms with Crippen LogP contribution in [-0.2, 0) is 19.4 Å². The van der Waals surface area contributed by atoms with E-state index in [2.05, 4.69) is 85.6 Å². The first-order chi connectivity index (χ1) is 13.6. The van der Waals surface area contributed by atoms with E-state index in [1.54, 1.807) is 27.1 Å². The summed E-state index contributed by atoms with van der Waals surface area (Å²) in [7, 11) is -2.76. The van der Waals surface area contributed by atoms with Crippen LogP contribution in [0.15, 0.2) is 36.4 Å². The van der Waals surface area contributed by atoms with Crippen LogP contribution < -0.4 is 10.4 Å². The van der Waals surface area contributed by atoms with E-state index < -0.39 is 16.1 Å². The summed E-state index contributed by atoms with van der Waals surface area (Å²) in [5.74, 6) is 0. The van der Waals surface area contributed by atoms with E-state index in [1.807, 2.05) is 0 Å². The Hall–Kier alpha value is -1.63. The Labute approximate surface area is 177 Å². The first-order valence-corrected chi connectivity index (χ1v) is 18.1. The van der Waals surface area contributed by atoms with Crippen molar-refractivity contribution < 1.29 is 0 Å². The second-order valence-corrected chi connectivity index (χ2v) is 21.2. The number of aromatic amines is 1. The van der Waals surface area contributed by atoms with Gasteiger partial charge in [0, 0.05) is 29.7 Å². The van der Waals surface area contributed by atoms with E-state index >= 15 is 0 Å². The summed E-state index contributed by atoms with van der Waals surface area (Å²) in [5.41, 5.74) is 7.77. The van der Waals surface area contributed by atoms with E-state index in [0.29, 0.717) is 6.04 Å². The summed E-state index contributed by atoms with van der Waals surface area (Å²) >= 11 is 0. The van der Waals surface area contributed by atoms with E-state index in [-0.39, 0.29) is 0 Å². The highest BCUT2D eigenvalue weighted by atomic mass is 28.3. The summed E-state index contributed by atoms with van der Waals surface area (Å²) in [4.78, 5) is 6.59. The second-order valence-electron chi connectivity index (χ2n) is 11.1. The highest BCUT2D eigenvalue weighted by Gasteiger charge is 2.38. The van der Waals surface area contributed by atoms with Gasteiger partial charge in [0.15, 0.2) is 0 Å². The SMILES string of the molecule is C[Si](C)(C)c1ccc([Si](C)(C)C)c2c1CC1c3[nH]c4ccccc4c3CCN1C2. The number of nitrogens with one attached hydrogen (secondary N) is 1. The number of hydrogen-bond donors (Lipinski definition) is 1. The normalized spacial score (nSPS) is 19.7. The molecular weight excluding hydrogens is 384 g/mol. The molecule has 2 aliphatic heterocycles. The van der Waals surface area contributed by atoms with Crippen LogP contribution in [0, 0.1) is 0 Å². The molecule has 4 heteroatoms. The molecule has 1 aromatic heterocycles. The molecule has 2 aromatic carbocycles. The average Bonchev–Trinajstić information content (AvgIpc) is 3.03. The van der Waals surface area contributed by atoms with E-state index in [9.17, 15) is 0 Å². The van der Waals surface area contributed by atoms with Gasteiger partial charge in [-0.1, -0.05) is 80.0 Å². The minimum Gasteiger partial charge on any atom is -0.357 e. The highest BCUT2D eigenvalue weighted by Crippen LogP contribution is 2.40. The molecule has 0 saturated heterocycles. The van der Waals surface area contributed by atoms with Crippen molar-refractivity contribution in [3.63, 3.8) is 0 Å². The molecule has 152 valence electrons. The Morgan fingerprint density at radius 1 is 0.828 bits per heavy atom. The molecule has 0 radical (unpaired) electrons. The molecular formula is C25H34N2Si2. The minimum absolute atomic E-state index is 0.505. The number of benzene rings is 2. The van der Waals surface area contributed by atoms with Gasteiger partial charge in [0.25, 0.3) is 0 Å². The number of H-pyrrole nitrogens is 1. The first-order valence-electron chi connectivity index (χ1n) is 11.1. The fourth-order valence-corrected chi connectivity index (χ4v) is 9.16. The van der Waals surface area contributed by atoms with Gasteiger partial charge in [-0.2, -0.15) is 0 Å². The summed E-state index contributed by atoms with van der Waals surface area (Å²) in [5, 5.41) is 4.82. The van der Waals surface area contributed by atoms with Gasteiger partial charge in [0.1, 0.15) is 0 Å². The molecule has 2 nitrogen and oxygen atoms in total. The first kappa shape index (κ1) is 19.3. The Bertz CT molecular complexity index is 1100. The van der Waals surface area contributed by atoms with Gasteiger partial charge >= 0.3 is 0 Å². The second kappa shape index (κ2) is 6.43. The quantitative estimate of drug-likeness (QED) is 0.586. The maximum atomic E-state index is 3.83. The zero-order valence-corrected chi connectivity index (χ0v) is 20.8. The number of nitrogens with zero attached hydrogens (tertiary/aromatic N) is 1. The Balaban J connectivity index is 1.68. The summed E-state index contributed by atoms with van der Waals surface area (Å²) in [6.45, 7) is 17.4. The molecule has 2 aliphatic rings. The minimum atomic E-state index is -1.39. The molecule has 0 spiro atoms. The maximum absolute atomic E-state index is 3.83. The molecule has 1 atom stereocenters. The molecule has 3 aromatic rings. The van der Waals surface area contributed by atoms with Crippen LogP contribution in [0.4, 0.5) is 0 Å². The number of hydrogen-bond acceptors (Lipinski definition) is 1. The predicted octanol–water partition coefficient (Wildman–Crippen LogP) is 4.91. The third-order valence-electron chi connectivity index (χ3n) is 7.08. The van der Waals surface area contributed by atoms with Crippen molar-refractivity contribution >= 4 is 37.4 Å². The van der Waals surface area contributed by atoms with Gasteiger partial charge in [0.05, 0.1) is 22.2 Å². The zero-order valence-electron chi connectivity index (χ0n) is 18.8. The summed E-state index contributed by atoms with van der Waals surface area (Å²) in [6.07, 6.45) is 2.34.